The van der Waals surface area contributed by atoms with Crippen LogP contribution >= 0.6 is 46.4 Å². The number of carbonyl (C=O) groups excluding carboxylic acids is 4. The zero-order chi connectivity index (χ0) is 36.4. The van der Waals surface area contributed by atoms with Gasteiger partial charge in [-0.25, -0.2) is 19.2 Å². The van der Waals surface area contributed by atoms with E-state index in [0.717, 1.165) is 0 Å². The average molecular weight is 744 g/mol. The molecule has 0 fully saturated rings. The molecule has 6 N–H and O–H groups in total. The van der Waals surface area contributed by atoms with Crippen LogP contribution in [0, 0.1) is 5.92 Å². The summed E-state index contributed by atoms with van der Waals surface area (Å²) in [6.45, 7) is 2.16. The lowest BCUT2D eigenvalue weighted by molar-refractivity contribution is -0.144. The Balaban J connectivity index is 0.000000833. The van der Waals surface area contributed by atoms with Crippen LogP contribution < -0.4 is 11.1 Å². The van der Waals surface area contributed by atoms with Crippen LogP contribution in [-0.4, -0.2) is 89.4 Å². The van der Waals surface area contributed by atoms with Gasteiger partial charge in [0, 0.05) is 0 Å². The number of ether oxygens (including phenoxy) is 3. The van der Waals surface area contributed by atoms with Gasteiger partial charge in [-0.3, -0.25) is 14.4 Å². The van der Waals surface area contributed by atoms with Crippen molar-refractivity contribution in [2.45, 2.75) is 32.4 Å². The van der Waals surface area contributed by atoms with Crippen LogP contribution in [0.3, 0.4) is 0 Å². The number of methoxy groups -OCH3 is 1. The number of Topliss-reactive ketones (excluding diaryl/α,β-unsaturated/α-hetero) is 1. The summed E-state index contributed by atoms with van der Waals surface area (Å²) in [5.74, 6) is -6.11. The highest BCUT2D eigenvalue weighted by atomic mass is 35.5. The quantitative estimate of drug-likeness (QED) is 0.151. The maximum absolute atomic E-state index is 12.0. The molecule has 0 aliphatic heterocycles. The molecular formula is C28H30Cl4N2O13. The fraction of sp³-hybridized carbons (Fsp3) is 0.321. The van der Waals surface area contributed by atoms with Gasteiger partial charge in [-0.15, -0.1) is 0 Å². The van der Waals surface area contributed by atoms with Gasteiger partial charge >= 0.3 is 35.9 Å². The normalized spacial score (nSPS) is 11.3. The van der Waals surface area contributed by atoms with Gasteiger partial charge in [-0.2, -0.15) is 0 Å². The third kappa shape index (κ3) is 16.3. The van der Waals surface area contributed by atoms with Crippen molar-refractivity contribution in [2.24, 2.45) is 11.7 Å². The number of nitrogens with one attached hydrogen (secondary N) is 1. The first-order valence-electron chi connectivity index (χ1n) is 12.8. The molecule has 0 saturated heterocycles. The standard InChI is InChI=1S/C17H10Cl4O5.C7H13NO4.C4H7NO4/c18-10-3-1-4-11(19)14(10)16(23)25-7-9(22)8-26-17(24)15-12(20)5-2-6-13(15)21;1-4(2)5(6(9)10)8-7(11)12-3;5-2(4(8)9)1-3(6)7/h1-6H,7-8H2;4-5H,1-3H3,(H,8,11)(H,9,10);2H,1,5H2,(H,6,7)(H,8,9)/t;5-;2-/m.00/s1. The zero-order valence-corrected chi connectivity index (χ0v) is 27.9. The van der Waals surface area contributed by atoms with Gasteiger partial charge in [0.25, 0.3) is 0 Å². The number of amides is 1. The summed E-state index contributed by atoms with van der Waals surface area (Å²) in [6.07, 6.45) is -1.26. The molecule has 0 saturated carbocycles. The monoisotopic (exact) mass is 742 g/mol. The minimum absolute atomic E-state index is 0.0523. The molecular weight excluding hydrogens is 714 g/mol. The molecule has 1 amide bonds. The van der Waals surface area contributed by atoms with E-state index >= 15 is 0 Å². The SMILES string of the molecule is COC(=O)N[C@H](C(=O)O)C(C)C.N[C@@H](CC(=O)O)C(=O)O.O=C(COC(=O)c1c(Cl)cccc1Cl)COC(=O)c1c(Cl)cccc1Cl. The molecule has 0 spiro atoms. The van der Waals surface area contributed by atoms with E-state index in [4.69, 9.17) is 76.9 Å². The van der Waals surface area contributed by atoms with E-state index < -0.39 is 73.4 Å². The van der Waals surface area contributed by atoms with Crippen LogP contribution in [0.25, 0.3) is 0 Å². The van der Waals surface area contributed by atoms with E-state index in [0.29, 0.717) is 0 Å². The number of ketones is 1. The second-order valence-corrected chi connectivity index (χ2v) is 10.8. The summed E-state index contributed by atoms with van der Waals surface area (Å²) in [6, 6.07) is 6.78. The largest absolute Gasteiger partial charge is 0.481 e. The van der Waals surface area contributed by atoms with E-state index in [2.05, 4.69) is 10.1 Å². The first kappa shape index (κ1) is 42.9. The van der Waals surface area contributed by atoms with Gasteiger partial charge in [0.1, 0.15) is 12.1 Å². The second kappa shape index (κ2) is 21.6. The van der Waals surface area contributed by atoms with Gasteiger partial charge in [-0.05, 0) is 30.2 Å². The number of rotatable bonds is 12. The van der Waals surface area contributed by atoms with Crippen molar-refractivity contribution in [3.05, 3.63) is 67.6 Å². The lowest BCUT2D eigenvalue weighted by Crippen LogP contribution is -2.44. The van der Waals surface area contributed by atoms with Gasteiger partial charge in [0.05, 0.1) is 44.7 Å². The Labute approximate surface area is 287 Å². The van der Waals surface area contributed by atoms with Crippen LogP contribution in [-0.2, 0) is 33.4 Å². The molecule has 19 heteroatoms. The number of nitrogens with two attached hydrogens (primary N) is 1. The molecule has 2 rings (SSSR count). The van der Waals surface area contributed by atoms with E-state index in [1.165, 1.54) is 31.4 Å². The van der Waals surface area contributed by atoms with Crippen LogP contribution in [0.4, 0.5) is 4.79 Å². The summed E-state index contributed by atoms with van der Waals surface area (Å²) in [4.78, 5) is 76.4. The van der Waals surface area contributed by atoms with Crippen molar-refractivity contribution in [1.29, 1.82) is 0 Å². The number of benzene rings is 2. The summed E-state index contributed by atoms with van der Waals surface area (Å²) in [5.41, 5.74) is 4.73. The number of hydrogen-bond donors (Lipinski definition) is 5. The van der Waals surface area contributed by atoms with Crippen LogP contribution in [0.1, 0.15) is 41.0 Å². The van der Waals surface area contributed by atoms with Gasteiger partial charge in [0.2, 0.25) is 5.78 Å². The van der Waals surface area contributed by atoms with E-state index in [-0.39, 0.29) is 37.1 Å². The topological polar surface area (TPSA) is 246 Å². The highest BCUT2D eigenvalue weighted by Gasteiger charge is 2.23. The molecule has 0 aliphatic rings. The summed E-state index contributed by atoms with van der Waals surface area (Å²) in [7, 11) is 1.19. The first-order valence-corrected chi connectivity index (χ1v) is 14.4. The minimum Gasteiger partial charge on any atom is -0.481 e. The second-order valence-electron chi connectivity index (χ2n) is 9.12. The van der Waals surface area contributed by atoms with Crippen LogP contribution in [0.2, 0.25) is 20.1 Å². The first-order chi connectivity index (χ1) is 21.8. The molecule has 0 aliphatic carbocycles. The predicted molar refractivity (Wildman–Crippen MR) is 168 cm³/mol. The van der Waals surface area contributed by atoms with Crippen molar-refractivity contribution in [3.63, 3.8) is 0 Å². The molecule has 2 aromatic rings. The molecule has 0 bridgehead atoms. The maximum atomic E-state index is 12.0. The molecule has 2 aromatic carbocycles. The number of halogens is 4. The Morgan fingerprint density at radius 1 is 0.745 bits per heavy atom. The summed E-state index contributed by atoms with van der Waals surface area (Å²) < 4.78 is 13.9. The number of hydrogen-bond acceptors (Lipinski definition) is 11. The van der Waals surface area contributed by atoms with Crippen molar-refractivity contribution >= 4 is 88.1 Å². The number of carboxylic acid groups (broad SMARTS) is 3. The van der Waals surface area contributed by atoms with Gasteiger partial charge < -0.3 is 40.6 Å². The number of aliphatic carboxylic acids is 3. The van der Waals surface area contributed by atoms with Crippen molar-refractivity contribution in [2.75, 3.05) is 20.3 Å². The highest BCUT2D eigenvalue weighted by molar-refractivity contribution is 6.40. The molecule has 0 unspecified atom stereocenters. The zero-order valence-electron chi connectivity index (χ0n) is 24.8. The molecule has 2 atom stereocenters. The van der Waals surface area contributed by atoms with Crippen LogP contribution in [0.5, 0.6) is 0 Å². The fourth-order valence-electron chi connectivity index (χ4n) is 2.84. The van der Waals surface area contributed by atoms with Crippen molar-refractivity contribution in [3.8, 4) is 0 Å². The van der Waals surface area contributed by atoms with Crippen molar-refractivity contribution in [1.82, 2.24) is 5.32 Å². The van der Waals surface area contributed by atoms with Crippen LogP contribution in [0.15, 0.2) is 36.4 Å². The van der Waals surface area contributed by atoms with E-state index in [1.807, 2.05) is 0 Å². The lowest BCUT2D eigenvalue weighted by atomic mass is 10.1. The third-order valence-corrected chi connectivity index (χ3v) is 6.43. The summed E-state index contributed by atoms with van der Waals surface area (Å²) >= 11 is 23.5. The Hall–Kier alpha value is -4.15. The van der Waals surface area contributed by atoms with Crippen molar-refractivity contribution < 1.29 is 63.1 Å². The Morgan fingerprint density at radius 2 is 1.13 bits per heavy atom. The molecule has 0 radical (unpaired) electrons. The average Bonchev–Trinajstić information content (AvgIpc) is 2.97. The Morgan fingerprint density at radius 3 is 1.38 bits per heavy atom. The lowest BCUT2D eigenvalue weighted by Gasteiger charge is -2.16. The maximum Gasteiger partial charge on any atom is 0.407 e. The van der Waals surface area contributed by atoms with E-state index in [9.17, 15) is 33.6 Å². The molecule has 47 heavy (non-hydrogen) atoms. The Kier molecular flexibility index (Phi) is 19.7. The van der Waals surface area contributed by atoms with E-state index in [1.54, 1.807) is 26.0 Å². The third-order valence-electron chi connectivity index (χ3n) is 5.17. The molecule has 0 aromatic heterocycles. The smallest absolute Gasteiger partial charge is 0.407 e. The number of esters is 2. The van der Waals surface area contributed by atoms with Gasteiger partial charge in [0.15, 0.2) is 13.2 Å². The molecule has 15 nitrogen and oxygen atoms in total. The number of alkyl carbamates (subject to hydrolysis) is 1. The predicted octanol–water partition coefficient (Wildman–Crippen LogP) is 4.21. The Bertz CT molecular complexity index is 1340. The fourth-order valence-corrected chi connectivity index (χ4v) is 3.94. The minimum atomic E-state index is -1.29. The summed E-state index contributed by atoms with van der Waals surface area (Å²) in [5, 5.41) is 27.2. The highest BCUT2D eigenvalue weighted by Crippen LogP contribution is 2.26. The molecule has 0 heterocycles. The number of carbonyl (C=O) groups is 7. The van der Waals surface area contributed by atoms with Gasteiger partial charge in [-0.1, -0.05) is 72.4 Å². The number of carboxylic acids is 3. The molecule has 258 valence electrons.